The highest BCUT2D eigenvalue weighted by Crippen LogP contribution is 2.27. The zero-order valence-corrected chi connectivity index (χ0v) is 10.2. The van der Waals surface area contributed by atoms with Crippen molar-refractivity contribution in [3.05, 3.63) is 24.0 Å². The molecule has 1 aliphatic rings. The first-order chi connectivity index (χ1) is 8.22. The SMILES string of the molecule is CN(C(=O)c1cc[nH]c1)C1CCC(CO)CC1. The van der Waals surface area contributed by atoms with Crippen LogP contribution in [0.3, 0.4) is 0 Å². The third-order valence-corrected chi connectivity index (χ3v) is 3.79. The minimum Gasteiger partial charge on any atom is -0.396 e. The van der Waals surface area contributed by atoms with Crippen molar-refractivity contribution in [2.75, 3.05) is 13.7 Å². The van der Waals surface area contributed by atoms with Crippen LogP contribution in [0.25, 0.3) is 0 Å². The lowest BCUT2D eigenvalue weighted by molar-refractivity contribution is 0.0653. The predicted molar refractivity (Wildman–Crippen MR) is 65.7 cm³/mol. The van der Waals surface area contributed by atoms with Gasteiger partial charge in [-0.15, -0.1) is 0 Å². The van der Waals surface area contributed by atoms with E-state index >= 15 is 0 Å². The molecule has 0 spiro atoms. The molecular weight excluding hydrogens is 216 g/mol. The molecule has 1 heterocycles. The molecule has 0 unspecified atom stereocenters. The van der Waals surface area contributed by atoms with Crippen LogP contribution in [0.2, 0.25) is 0 Å². The summed E-state index contributed by atoms with van der Waals surface area (Å²) >= 11 is 0. The normalized spacial score (nSPS) is 24.6. The van der Waals surface area contributed by atoms with Crippen molar-refractivity contribution >= 4 is 5.91 Å². The van der Waals surface area contributed by atoms with Gasteiger partial charge in [-0.1, -0.05) is 0 Å². The molecule has 4 heteroatoms. The maximum Gasteiger partial charge on any atom is 0.255 e. The first kappa shape index (κ1) is 12.2. The van der Waals surface area contributed by atoms with Gasteiger partial charge in [-0.05, 0) is 37.7 Å². The number of nitrogens with one attached hydrogen (secondary N) is 1. The molecule has 94 valence electrons. The van der Waals surface area contributed by atoms with E-state index in [1.165, 1.54) is 0 Å². The summed E-state index contributed by atoms with van der Waals surface area (Å²) in [5.41, 5.74) is 0.719. The highest BCUT2D eigenvalue weighted by molar-refractivity contribution is 5.94. The van der Waals surface area contributed by atoms with Crippen LogP contribution in [0.1, 0.15) is 36.0 Å². The fraction of sp³-hybridized carbons (Fsp3) is 0.615. The molecule has 0 aromatic carbocycles. The van der Waals surface area contributed by atoms with Gasteiger partial charge in [0.25, 0.3) is 5.91 Å². The molecule has 0 atom stereocenters. The second-order valence-electron chi connectivity index (χ2n) is 4.87. The molecule has 1 saturated carbocycles. The van der Waals surface area contributed by atoms with Crippen molar-refractivity contribution in [2.45, 2.75) is 31.7 Å². The highest BCUT2D eigenvalue weighted by Gasteiger charge is 2.26. The van der Waals surface area contributed by atoms with Crippen molar-refractivity contribution in [1.82, 2.24) is 9.88 Å². The van der Waals surface area contributed by atoms with Crippen LogP contribution in [-0.2, 0) is 0 Å². The Labute approximate surface area is 102 Å². The average molecular weight is 236 g/mol. The van der Waals surface area contributed by atoms with E-state index in [4.69, 9.17) is 5.11 Å². The van der Waals surface area contributed by atoms with Gasteiger partial charge in [0, 0.05) is 32.1 Å². The topological polar surface area (TPSA) is 56.3 Å². The van der Waals surface area contributed by atoms with Gasteiger partial charge in [0.05, 0.1) is 5.56 Å². The monoisotopic (exact) mass is 236 g/mol. The number of carbonyl (C=O) groups is 1. The predicted octanol–water partition coefficient (Wildman–Crippen LogP) is 1.64. The van der Waals surface area contributed by atoms with E-state index in [1.54, 1.807) is 18.5 Å². The van der Waals surface area contributed by atoms with Crippen LogP contribution >= 0.6 is 0 Å². The fourth-order valence-electron chi connectivity index (χ4n) is 2.54. The minimum absolute atomic E-state index is 0.0821. The molecule has 0 saturated heterocycles. The van der Waals surface area contributed by atoms with E-state index in [9.17, 15) is 4.79 Å². The molecular formula is C13H20N2O2. The Kier molecular flexibility index (Phi) is 3.84. The summed E-state index contributed by atoms with van der Waals surface area (Å²) in [5, 5.41) is 9.09. The van der Waals surface area contributed by atoms with Crippen LogP contribution < -0.4 is 0 Å². The number of carbonyl (C=O) groups excluding carboxylic acids is 1. The third-order valence-electron chi connectivity index (χ3n) is 3.79. The number of aliphatic hydroxyl groups excluding tert-OH is 1. The summed E-state index contributed by atoms with van der Waals surface area (Å²) in [6.45, 7) is 0.280. The molecule has 0 radical (unpaired) electrons. The molecule has 4 nitrogen and oxygen atoms in total. The van der Waals surface area contributed by atoms with Crippen molar-refractivity contribution < 1.29 is 9.90 Å². The number of amides is 1. The van der Waals surface area contributed by atoms with E-state index in [0.29, 0.717) is 12.0 Å². The summed E-state index contributed by atoms with van der Waals surface area (Å²) in [6, 6.07) is 2.12. The second-order valence-corrected chi connectivity index (χ2v) is 4.87. The van der Waals surface area contributed by atoms with E-state index in [1.807, 2.05) is 11.9 Å². The lowest BCUT2D eigenvalue weighted by atomic mass is 9.86. The van der Waals surface area contributed by atoms with Gasteiger partial charge in [-0.2, -0.15) is 0 Å². The minimum atomic E-state index is 0.0821. The Morgan fingerprint density at radius 1 is 1.47 bits per heavy atom. The van der Waals surface area contributed by atoms with Gasteiger partial charge in [0.2, 0.25) is 0 Å². The maximum atomic E-state index is 12.1. The van der Waals surface area contributed by atoms with Gasteiger partial charge in [0.15, 0.2) is 0 Å². The van der Waals surface area contributed by atoms with Crippen LogP contribution in [0.15, 0.2) is 18.5 Å². The Hall–Kier alpha value is -1.29. The number of aromatic nitrogens is 1. The number of hydrogen-bond acceptors (Lipinski definition) is 2. The second kappa shape index (κ2) is 5.36. The van der Waals surface area contributed by atoms with Crippen LogP contribution in [0.4, 0.5) is 0 Å². The van der Waals surface area contributed by atoms with E-state index in [0.717, 1.165) is 31.2 Å². The van der Waals surface area contributed by atoms with Crippen molar-refractivity contribution in [3.8, 4) is 0 Å². The van der Waals surface area contributed by atoms with Gasteiger partial charge in [-0.25, -0.2) is 0 Å². The number of hydrogen-bond donors (Lipinski definition) is 2. The van der Waals surface area contributed by atoms with Crippen molar-refractivity contribution in [2.24, 2.45) is 5.92 Å². The first-order valence-corrected chi connectivity index (χ1v) is 6.23. The van der Waals surface area contributed by atoms with E-state index in [-0.39, 0.29) is 12.5 Å². The van der Waals surface area contributed by atoms with Crippen LogP contribution in [0, 0.1) is 5.92 Å². The molecule has 1 amide bonds. The molecule has 0 aliphatic heterocycles. The summed E-state index contributed by atoms with van der Waals surface area (Å²) in [4.78, 5) is 16.9. The van der Waals surface area contributed by atoms with E-state index in [2.05, 4.69) is 4.98 Å². The number of aliphatic hydroxyl groups is 1. The highest BCUT2D eigenvalue weighted by atomic mass is 16.3. The van der Waals surface area contributed by atoms with Crippen molar-refractivity contribution in [3.63, 3.8) is 0 Å². The molecule has 17 heavy (non-hydrogen) atoms. The summed E-state index contributed by atoms with van der Waals surface area (Å²) in [6.07, 6.45) is 7.54. The summed E-state index contributed by atoms with van der Waals surface area (Å²) in [5.74, 6) is 0.515. The number of rotatable bonds is 3. The standard InChI is InChI=1S/C13H20N2O2/c1-15(13(17)11-6-7-14-8-11)12-4-2-10(9-16)3-5-12/h6-8,10,12,14,16H,2-5,9H2,1H3. The van der Waals surface area contributed by atoms with Crippen LogP contribution in [0.5, 0.6) is 0 Å². The first-order valence-electron chi connectivity index (χ1n) is 6.23. The largest absolute Gasteiger partial charge is 0.396 e. The zero-order chi connectivity index (χ0) is 12.3. The Morgan fingerprint density at radius 2 is 2.18 bits per heavy atom. The lowest BCUT2D eigenvalue weighted by Crippen LogP contribution is -2.39. The molecule has 0 bridgehead atoms. The van der Waals surface area contributed by atoms with Gasteiger partial charge in [0.1, 0.15) is 0 Å². The van der Waals surface area contributed by atoms with E-state index < -0.39 is 0 Å². The quantitative estimate of drug-likeness (QED) is 0.838. The lowest BCUT2D eigenvalue weighted by Gasteiger charge is -2.34. The van der Waals surface area contributed by atoms with Crippen molar-refractivity contribution in [1.29, 1.82) is 0 Å². The molecule has 1 aromatic rings. The average Bonchev–Trinajstić information content (AvgIpc) is 2.91. The molecule has 1 fully saturated rings. The summed E-state index contributed by atoms with van der Waals surface area (Å²) < 4.78 is 0. The number of nitrogens with zero attached hydrogens (tertiary/aromatic N) is 1. The van der Waals surface area contributed by atoms with Gasteiger partial charge < -0.3 is 15.0 Å². The number of aromatic amines is 1. The third kappa shape index (κ3) is 2.69. The maximum absolute atomic E-state index is 12.1. The summed E-state index contributed by atoms with van der Waals surface area (Å²) in [7, 11) is 1.87. The van der Waals surface area contributed by atoms with Gasteiger partial charge >= 0.3 is 0 Å². The zero-order valence-electron chi connectivity index (χ0n) is 10.2. The fourth-order valence-corrected chi connectivity index (χ4v) is 2.54. The molecule has 2 rings (SSSR count). The number of H-pyrrole nitrogens is 1. The Balaban J connectivity index is 1.92. The molecule has 1 aliphatic carbocycles. The Bertz CT molecular complexity index is 354. The Morgan fingerprint density at radius 3 is 2.71 bits per heavy atom. The smallest absolute Gasteiger partial charge is 0.255 e. The molecule has 1 aromatic heterocycles. The molecule has 2 N–H and O–H groups in total. The van der Waals surface area contributed by atoms with Gasteiger partial charge in [-0.3, -0.25) is 4.79 Å². The van der Waals surface area contributed by atoms with Crippen LogP contribution in [-0.4, -0.2) is 40.6 Å².